The van der Waals surface area contributed by atoms with Crippen molar-refractivity contribution in [3.63, 3.8) is 0 Å². The number of aliphatic carboxylic acids is 1. The summed E-state index contributed by atoms with van der Waals surface area (Å²) in [6.07, 6.45) is -2.75. The molecule has 0 rings (SSSR count). The minimum atomic E-state index is -1.65. The van der Waals surface area contributed by atoms with Gasteiger partial charge < -0.3 is 24.4 Å². The van der Waals surface area contributed by atoms with Crippen molar-refractivity contribution >= 4 is 11.9 Å². The van der Waals surface area contributed by atoms with Crippen molar-refractivity contribution in [2.24, 2.45) is 5.92 Å². The summed E-state index contributed by atoms with van der Waals surface area (Å²) in [5.41, 5.74) is 0. The van der Waals surface area contributed by atoms with Crippen LogP contribution in [0.1, 0.15) is 34.1 Å². The molecule has 0 aliphatic rings. The molecule has 2 N–H and O–H groups in total. The van der Waals surface area contributed by atoms with Crippen LogP contribution in [0.4, 0.5) is 0 Å². The molecule has 0 aromatic heterocycles. The number of carbonyl (C=O) groups excluding carboxylic acids is 1. The second kappa shape index (κ2) is 10.5. The quantitative estimate of drug-likeness (QED) is 0.545. The number of esters is 1. The molecule has 0 fully saturated rings. The van der Waals surface area contributed by atoms with Gasteiger partial charge in [-0.05, 0) is 19.8 Å². The van der Waals surface area contributed by atoms with E-state index in [2.05, 4.69) is 13.8 Å². The Morgan fingerprint density at radius 1 is 0.952 bits per heavy atom. The highest BCUT2D eigenvalue weighted by Crippen LogP contribution is 2.02. The van der Waals surface area contributed by atoms with Gasteiger partial charge in [0.05, 0.1) is 25.2 Å². The number of hydrogen-bond donors (Lipinski definition) is 2. The first kappa shape index (κ1) is 19.8. The van der Waals surface area contributed by atoms with Crippen molar-refractivity contribution in [3.8, 4) is 0 Å². The van der Waals surface area contributed by atoms with Crippen LogP contribution in [-0.2, 0) is 23.8 Å². The molecule has 0 saturated heterocycles. The summed E-state index contributed by atoms with van der Waals surface area (Å²) < 4.78 is 15.7. The molecule has 0 amide bonds. The third-order valence-electron chi connectivity index (χ3n) is 2.43. The van der Waals surface area contributed by atoms with Crippen LogP contribution < -0.4 is 0 Å². The fourth-order valence-corrected chi connectivity index (χ4v) is 1.30. The van der Waals surface area contributed by atoms with Crippen LogP contribution in [0.15, 0.2) is 0 Å². The minimum Gasteiger partial charge on any atom is -0.481 e. The van der Waals surface area contributed by atoms with Crippen molar-refractivity contribution in [1.82, 2.24) is 0 Å². The van der Waals surface area contributed by atoms with Gasteiger partial charge in [-0.25, -0.2) is 4.79 Å². The second-order valence-corrected chi connectivity index (χ2v) is 5.43. The van der Waals surface area contributed by atoms with E-state index in [4.69, 9.17) is 19.3 Å². The van der Waals surface area contributed by atoms with Gasteiger partial charge in [0, 0.05) is 6.61 Å². The Labute approximate surface area is 125 Å². The molecular formula is C14H26O7. The zero-order chi connectivity index (χ0) is 16.4. The Morgan fingerprint density at radius 2 is 1.48 bits per heavy atom. The number of carboxylic acids is 1. The number of rotatable bonds is 11. The Balaban J connectivity index is 3.81. The van der Waals surface area contributed by atoms with Crippen LogP contribution in [-0.4, -0.2) is 60.3 Å². The Hall–Kier alpha value is -1.18. The van der Waals surface area contributed by atoms with Crippen LogP contribution in [0.3, 0.4) is 0 Å². The summed E-state index contributed by atoms with van der Waals surface area (Å²) in [5.74, 6) is -1.78. The third-order valence-corrected chi connectivity index (χ3v) is 2.43. The van der Waals surface area contributed by atoms with E-state index in [0.29, 0.717) is 19.1 Å². The SMILES string of the molecule is CC(C)COC(C)COC(C)COC(=O)C(O)CC(=O)O. The molecule has 0 radical (unpaired) electrons. The first-order valence-corrected chi connectivity index (χ1v) is 7.02. The molecule has 7 nitrogen and oxygen atoms in total. The number of ether oxygens (including phenoxy) is 3. The molecule has 0 spiro atoms. The van der Waals surface area contributed by atoms with Crippen LogP contribution >= 0.6 is 0 Å². The van der Waals surface area contributed by atoms with Gasteiger partial charge in [-0.1, -0.05) is 13.8 Å². The van der Waals surface area contributed by atoms with E-state index >= 15 is 0 Å². The van der Waals surface area contributed by atoms with E-state index < -0.39 is 24.5 Å². The first-order chi connectivity index (χ1) is 9.72. The highest BCUT2D eigenvalue weighted by atomic mass is 16.6. The molecule has 0 aliphatic heterocycles. The first-order valence-electron chi connectivity index (χ1n) is 7.02. The lowest BCUT2D eigenvalue weighted by Gasteiger charge is -2.19. The standard InChI is InChI=1S/C14H26O7/c1-9(2)6-19-10(3)7-20-11(4)8-21-14(18)12(15)5-13(16)17/h9-12,15H,5-8H2,1-4H3,(H,16,17). The largest absolute Gasteiger partial charge is 0.481 e. The number of carboxylic acid groups (broad SMARTS) is 1. The molecule has 0 saturated carbocycles. The normalized spacial score (nSPS) is 15.5. The van der Waals surface area contributed by atoms with Gasteiger partial charge in [-0.2, -0.15) is 0 Å². The van der Waals surface area contributed by atoms with Gasteiger partial charge in [0.15, 0.2) is 6.10 Å². The zero-order valence-corrected chi connectivity index (χ0v) is 13.1. The lowest BCUT2D eigenvalue weighted by Crippen LogP contribution is -2.30. The second-order valence-electron chi connectivity index (χ2n) is 5.43. The summed E-state index contributed by atoms with van der Waals surface area (Å²) in [4.78, 5) is 21.6. The predicted octanol–water partition coefficient (Wildman–Crippen LogP) is 0.831. The summed E-state index contributed by atoms with van der Waals surface area (Å²) in [5, 5.41) is 17.7. The summed E-state index contributed by atoms with van der Waals surface area (Å²) >= 11 is 0. The summed E-state index contributed by atoms with van der Waals surface area (Å²) in [6, 6.07) is 0. The van der Waals surface area contributed by atoms with E-state index in [1.807, 2.05) is 6.92 Å². The van der Waals surface area contributed by atoms with Crippen LogP contribution in [0.5, 0.6) is 0 Å². The van der Waals surface area contributed by atoms with E-state index in [-0.39, 0.29) is 18.8 Å². The van der Waals surface area contributed by atoms with Crippen LogP contribution in [0.2, 0.25) is 0 Å². The van der Waals surface area contributed by atoms with E-state index in [1.54, 1.807) is 6.92 Å². The van der Waals surface area contributed by atoms with Gasteiger partial charge in [0.25, 0.3) is 0 Å². The molecule has 3 unspecified atom stereocenters. The molecule has 0 heterocycles. The number of hydrogen-bond acceptors (Lipinski definition) is 6. The Morgan fingerprint density at radius 3 is 2.00 bits per heavy atom. The molecular weight excluding hydrogens is 280 g/mol. The lowest BCUT2D eigenvalue weighted by molar-refractivity contribution is -0.161. The van der Waals surface area contributed by atoms with Gasteiger partial charge in [-0.3, -0.25) is 4.79 Å². The molecule has 0 aliphatic carbocycles. The highest BCUT2D eigenvalue weighted by molar-refractivity contribution is 5.80. The molecule has 124 valence electrons. The van der Waals surface area contributed by atoms with E-state index in [1.165, 1.54) is 0 Å². The fourth-order valence-electron chi connectivity index (χ4n) is 1.30. The van der Waals surface area contributed by atoms with Crippen LogP contribution in [0.25, 0.3) is 0 Å². The molecule has 21 heavy (non-hydrogen) atoms. The van der Waals surface area contributed by atoms with E-state index in [9.17, 15) is 14.7 Å². The number of aliphatic hydroxyl groups excluding tert-OH is 1. The van der Waals surface area contributed by atoms with Gasteiger partial charge in [0.2, 0.25) is 0 Å². The van der Waals surface area contributed by atoms with Gasteiger partial charge in [0.1, 0.15) is 6.61 Å². The maximum absolute atomic E-state index is 11.3. The molecule has 0 aromatic carbocycles. The van der Waals surface area contributed by atoms with Crippen molar-refractivity contribution in [3.05, 3.63) is 0 Å². The van der Waals surface area contributed by atoms with Crippen molar-refractivity contribution < 1.29 is 34.0 Å². The Kier molecular flexibility index (Phi) is 9.94. The van der Waals surface area contributed by atoms with E-state index in [0.717, 1.165) is 0 Å². The average Bonchev–Trinajstić information content (AvgIpc) is 2.39. The average molecular weight is 306 g/mol. The molecule has 7 heteroatoms. The topological polar surface area (TPSA) is 102 Å². The zero-order valence-electron chi connectivity index (χ0n) is 13.1. The molecule has 3 atom stereocenters. The van der Waals surface area contributed by atoms with Crippen LogP contribution in [0, 0.1) is 5.92 Å². The monoisotopic (exact) mass is 306 g/mol. The highest BCUT2D eigenvalue weighted by Gasteiger charge is 2.21. The predicted molar refractivity (Wildman–Crippen MR) is 74.9 cm³/mol. The minimum absolute atomic E-state index is 0.0492. The summed E-state index contributed by atoms with van der Waals surface area (Å²) in [6.45, 7) is 8.67. The smallest absolute Gasteiger partial charge is 0.335 e. The number of aliphatic hydroxyl groups is 1. The van der Waals surface area contributed by atoms with Crippen molar-refractivity contribution in [2.45, 2.75) is 52.4 Å². The number of carbonyl (C=O) groups is 2. The van der Waals surface area contributed by atoms with Crippen molar-refractivity contribution in [2.75, 3.05) is 19.8 Å². The van der Waals surface area contributed by atoms with Gasteiger partial charge in [-0.15, -0.1) is 0 Å². The molecule has 0 bridgehead atoms. The maximum Gasteiger partial charge on any atom is 0.335 e. The third kappa shape index (κ3) is 11.2. The van der Waals surface area contributed by atoms with Gasteiger partial charge >= 0.3 is 11.9 Å². The maximum atomic E-state index is 11.3. The Bertz CT molecular complexity index is 316. The summed E-state index contributed by atoms with van der Waals surface area (Å²) in [7, 11) is 0. The van der Waals surface area contributed by atoms with Crippen molar-refractivity contribution in [1.29, 1.82) is 0 Å². The lowest BCUT2D eigenvalue weighted by atomic mass is 10.2. The fraction of sp³-hybridized carbons (Fsp3) is 0.857. The molecule has 0 aromatic rings.